The van der Waals surface area contributed by atoms with Crippen LogP contribution in [0.5, 0.6) is 0 Å². The van der Waals surface area contributed by atoms with Crippen LogP contribution in [0.4, 0.5) is 0 Å². The highest BCUT2D eigenvalue weighted by Gasteiger charge is 2.33. The summed E-state index contributed by atoms with van der Waals surface area (Å²) in [6, 6.07) is 4.35. The molecule has 11 nitrogen and oxygen atoms in total. The first-order valence-electron chi connectivity index (χ1n) is 12.5. The summed E-state index contributed by atoms with van der Waals surface area (Å²) in [6.45, 7) is 7.31. The van der Waals surface area contributed by atoms with Crippen molar-refractivity contribution in [2.24, 2.45) is 17.6 Å². The van der Waals surface area contributed by atoms with Crippen molar-refractivity contribution in [2.75, 3.05) is 0 Å². The van der Waals surface area contributed by atoms with Crippen LogP contribution in [0.2, 0.25) is 0 Å². The first kappa shape index (κ1) is 31.6. The van der Waals surface area contributed by atoms with Crippen LogP contribution < -0.4 is 21.7 Å². The summed E-state index contributed by atoms with van der Waals surface area (Å²) in [6.07, 6.45) is 0.307. The zero-order valence-corrected chi connectivity index (χ0v) is 21.9. The standard InChI is InChI=1S/C26H40N4O7/c1-5-16(4)22(25(35)29-20(26(36)37)14-17-9-7-6-8-10-17)30-24(34)19(11-12-21(31)32)28-23(33)18(27)13-15(2)3/h6-10,15-16,18-20,22H,5,11-14,27H2,1-4H3,(H,28,33)(H,29,35)(H,30,34)(H,31,32)(H,36,37). The topological polar surface area (TPSA) is 188 Å². The van der Waals surface area contributed by atoms with Crippen molar-refractivity contribution in [3.8, 4) is 0 Å². The lowest BCUT2D eigenvalue weighted by Gasteiger charge is -2.28. The third kappa shape index (κ3) is 11.4. The van der Waals surface area contributed by atoms with Gasteiger partial charge in [0.05, 0.1) is 6.04 Å². The van der Waals surface area contributed by atoms with Gasteiger partial charge in [0.15, 0.2) is 0 Å². The highest BCUT2D eigenvalue weighted by atomic mass is 16.4. The van der Waals surface area contributed by atoms with Crippen molar-refractivity contribution in [3.63, 3.8) is 0 Å². The molecule has 3 amide bonds. The fourth-order valence-electron chi connectivity index (χ4n) is 3.70. The first-order chi connectivity index (χ1) is 17.3. The molecule has 1 rings (SSSR count). The van der Waals surface area contributed by atoms with Crippen LogP contribution in [0, 0.1) is 11.8 Å². The zero-order valence-electron chi connectivity index (χ0n) is 21.9. The van der Waals surface area contributed by atoms with Crippen LogP contribution >= 0.6 is 0 Å². The number of amides is 3. The smallest absolute Gasteiger partial charge is 0.326 e. The highest BCUT2D eigenvalue weighted by Crippen LogP contribution is 2.12. The predicted octanol–water partition coefficient (Wildman–Crippen LogP) is 1.05. The van der Waals surface area contributed by atoms with Crippen molar-refractivity contribution < 1.29 is 34.2 Å². The van der Waals surface area contributed by atoms with Crippen LogP contribution in [-0.4, -0.2) is 64.0 Å². The van der Waals surface area contributed by atoms with Crippen LogP contribution in [0.1, 0.15) is 58.9 Å². The molecule has 0 aliphatic heterocycles. The van der Waals surface area contributed by atoms with E-state index in [1.165, 1.54) is 0 Å². The largest absolute Gasteiger partial charge is 0.481 e. The zero-order chi connectivity index (χ0) is 28.1. The van der Waals surface area contributed by atoms with E-state index >= 15 is 0 Å². The summed E-state index contributed by atoms with van der Waals surface area (Å²) in [5.74, 6) is -4.67. The summed E-state index contributed by atoms with van der Waals surface area (Å²) in [5.41, 5.74) is 6.62. The molecule has 37 heavy (non-hydrogen) atoms. The van der Waals surface area contributed by atoms with Gasteiger partial charge >= 0.3 is 11.9 Å². The Morgan fingerprint density at radius 1 is 0.865 bits per heavy atom. The molecule has 1 aromatic carbocycles. The molecule has 0 aromatic heterocycles. The molecule has 0 aliphatic carbocycles. The van der Waals surface area contributed by atoms with Gasteiger partial charge in [-0.25, -0.2) is 4.79 Å². The summed E-state index contributed by atoms with van der Waals surface area (Å²) >= 11 is 0. The number of rotatable bonds is 16. The number of carboxylic acids is 2. The Hall–Kier alpha value is -3.47. The maximum Gasteiger partial charge on any atom is 0.326 e. The Bertz CT molecular complexity index is 923. The Kier molecular flexibility index (Phi) is 13.3. The fourth-order valence-corrected chi connectivity index (χ4v) is 3.70. The average Bonchev–Trinajstić information content (AvgIpc) is 2.83. The van der Waals surface area contributed by atoms with Gasteiger partial charge in [0, 0.05) is 12.8 Å². The monoisotopic (exact) mass is 520 g/mol. The number of carboxylic acid groups (broad SMARTS) is 2. The predicted molar refractivity (Wildman–Crippen MR) is 137 cm³/mol. The first-order valence-corrected chi connectivity index (χ1v) is 12.5. The summed E-state index contributed by atoms with van der Waals surface area (Å²) in [5, 5.41) is 26.3. The second kappa shape index (κ2) is 15.6. The van der Waals surface area contributed by atoms with Gasteiger partial charge in [-0.2, -0.15) is 0 Å². The lowest BCUT2D eigenvalue weighted by molar-refractivity contribution is -0.142. The minimum Gasteiger partial charge on any atom is -0.481 e. The lowest BCUT2D eigenvalue weighted by atomic mass is 9.96. The summed E-state index contributed by atoms with van der Waals surface area (Å²) < 4.78 is 0. The lowest BCUT2D eigenvalue weighted by Crippen LogP contribution is -2.59. The van der Waals surface area contributed by atoms with E-state index in [1.54, 1.807) is 37.3 Å². The van der Waals surface area contributed by atoms with Gasteiger partial charge in [-0.05, 0) is 30.2 Å². The maximum atomic E-state index is 13.1. The average molecular weight is 521 g/mol. The third-order valence-electron chi connectivity index (χ3n) is 6.03. The van der Waals surface area contributed by atoms with E-state index in [0.29, 0.717) is 18.4 Å². The molecule has 206 valence electrons. The van der Waals surface area contributed by atoms with Crippen LogP contribution in [0.25, 0.3) is 0 Å². The molecule has 0 saturated heterocycles. The minimum absolute atomic E-state index is 0.0497. The molecule has 0 bridgehead atoms. The maximum absolute atomic E-state index is 13.1. The Morgan fingerprint density at radius 3 is 1.97 bits per heavy atom. The normalized spacial score (nSPS) is 15.1. The van der Waals surface area contributed by atoms with Gasteiger partial charge in [-0.3, -0.25) is 19.2 Å². The molecular weight excluding hydrogens is 480 g/mol. The van der Waals surface area contributed by atoms with Crippen molar-refractivity contribution in [2.45, 2.75) is 84.0 Å². The summed E-state index contributed by atoms with van der Waals surface area (Å²) in [4.78, 5) is 61.7. The number of nitrogens with one attached hydrogen (secondary N) is 3. The number of carbonyl (C=O) groups excluding carboxylic acids is 3. The van der Waals surface area contributed by atoms with E-state index < -0.39 is 60.2 Å². The van der Waals surface area contributed by atoms with Gasteiger partial charge < -0.3 is 31.9 Å². The number of hydrogen-bond donors (Lipinski definition) is 6. The molecule has 0 saturated carbocycles. The third-order valence-corrected chi connectivity index (χ3v) is 6.03. The Labute approximate surface area is 217 Å². The molecule has 0 aliphatic rings. The number of carbonyl (C=O) groups is 5. The molecule has 1 aromatic rings. The Balaban J connectivity index is 3.04. The van der Waals surface area contributed by atoms with Crippen molar-refractivity contribution in [1.82, 2.24) is 16.0 Å². The van der Waals surface area contributed by atoms with E-state index in [4.69, 9.17) is 10.8 Å². The molecule has 5 unspecified atom stereocenters. The molecule has 0 fully saturated rings. The van der Waals surface area contributed by atoms with Crippen LogP contribution in [-0.2, 0) is 30.4 Å². The Morgan fingerprint density at radius 2 is 1.46 bits per heavy atom. The molecule has 0 spiro atoms. The highest BCUT2D eigenvalue weighted by molar-refractivity contribution is 5.94. The minimum atomic E-state index is -1.24. The van der Waals surface area contributed by atoms with Gasteiger partial charge in [-0.1, -0.05) is 64.4 Å². The van der Waals surface area contributed by atoms with Crippen molar-refractivity contribution in [3.05, 3.63) is 35.9 Å². The van der Waals surface area contributed by atoms with E-state index in [2.05, 4.69) is 16.0 Å². The fraction of sp³-hybridized carbons (Fsp3) is 0.577. The molecule has 0 heterocycles. The van der Waals surface area contributed by atoms with Gasteiger partial charge in [-0.15, -0.1) is 0 Å². The number of nitrogens with two attached hydrogens (primary N) is 1. The number of hydrogen-bond acceptors (Lipinski definition) is 6. The van der Waals surface area contributed by atoms with E-state index in [-0.39, 0.29) is 24.7 Å². The second-order valence-corrected chi connectivity index (χ2v) is 9.69. The number of benzene rings is 1. The van der Waals surface area contributed by atoms with Gasteiger partial charge in [0.25, 0.3) is 0 Å². The molecule has 7 N–H and O–H groups in total. The second-order valence-electron chi connectivity index (χ2n) is 9.69. The van der Waals surface area contributed by atoms with Crippen molar-refractivity contribution >= 4 is 29.7 Å². The van der Waals surface area contributed by atoms with Crippen molar-refractivity contribution in [1.29, 1.82) is 0 Å². The quantitative estimate of drug-likeness (QED) is 0.186. The van der Waals surface area contributed by atoms with Gasteiger partial charge in [0.1, 0.15) is 18.1 Å². The molecule has 11 heteroatoms. The van der Waals surface area contributed by atoms with E-state index in [9.17, 15) is 29.1 Å². The summed E-state index contributed by atoms with van der Waals surface area (Å²) in [7, 11) is 0. The molecular formula is C26H40N4O7. The van der Waals surface area contributed by atoms with E-state index in [1.807, 2.05) is 20.8 Å². The van der Waals surface area contributed by atoms with Crippen LogP contribution in [0.3, 0.4) is 0 Å². The molecule has 0 radical (unpaired) electrons. The van der Waals surface area contributed by atoms with Gasteiger partial charge in [0.2, 0.25) is 17.7 Å². The number of aliphatic carboxylic acids is 2. The molecule has 5 atom stereocenters. The van der Waals surface area contributed by atoms with E-state index in [0.717, 1.165) is 0 Å². The van der Waals surface area contributed by atoms with Crippen LogP contribution in [0.15, 0.2) is 30.3 Å². The SMILES string of the molecule is CCC(C)C(NC(=O)C(CCC(=O)O)NC(=O)C(N)CC(C)C)C(=O)NC(Cc1ccccc1)C(=O)O.